The van der Waals surface area contributed by atoms with Crippen LogP contribution in [0.2, 0.25) is 0 Å². The summed E-state index contributed by atoms with van der Waals surface area (Å²) in [6.45, 7) is 5.89. The largest absolute Gasteiger partial charge is 0.314 e. The van der Waals surface area contributed by atoms with Crippen LogP contribution in [0.1, 0.15) is 51.5 Å². The number of halogens is 1. The van der Waals surface area contributed by atoms with Gasteiger partial charge in [-0.2, -0.15) is 0 Å². The molecule has 0 heterocycles. The van der Waals surface area contributed by atoms with Gasteiger partial charge in [-0.1, -0.05) is 54.2 Å². The quantitative estimate of drug-likeness (QED) is 0.753. The van der Waals surface area contributed by atoms with Gasteiger partial charge in [0.05, 0.1) is 0 Å². The highest BCUT2D eigenvalue weighted by molar-refractivity contribution is 9.10. The average molecular weight is 338 g/mol. The molecule has 0 aromatic heterocycles. The molecular weight excluding hydrogens is 310 g/mol. The standard InChI is InChI=1S/C18H28BrN/c1-14-4-3-5-16(12-14)10-11-20-15(2)13-17-6-8-18(19)9-7-17/h6-9,14-16,20H,3-5,10-13H2,1-2H3. The van der Waals surface area contributed by atoms with Crippen molar-refractivity contribution in [2.75, 3.05) is 6.54 Å². The Morgan fingerprint density at radius 3 is 2.70 bits per heavy atom. The molecule has 2 rings (SSSR count). The van der Waals surface area contributed by atoms with Crippen molar-refractivity contribution in [3.8, 4) is 0 Å². The molecule has 1 aliphatic rings. The van der Waals surface area contributed by atoms with E-state index in [1.54, 1.807) is 0 Å². The minimum absolute atomic E-state index is 0.567. The van der Waals surface area contributed by atoms with Crippen LogP contribution in [0.15, 0.2) is 28.7 Å². The van der Waals surface area contributed by atoms with E-state index in [9.17, 15) is 0 Å². The summed E-state index contributed by atoms with van der Waals surface area (Å²) in [6.07, 6.45) is 8.27. The predicted molar refractivity (Wildman–Crippen MR) is 91.0 cm³/mol. The second-order valence-electron chi connectivity index (χ2n) is 6.61. The highest BCUT2D eigenvalue weighted by Crippen LogP contribution is 2.30. The summed E-state index contributed by atoms with van der Waals surface area (Å²) in [5.74, 6) is 1.92. The molecule has 2 heteroatoms. The maximum absolute atomic E-state index is 3.70. The van der Waals surface area contributed by atoms with E-state index in [0.29, 0.717) is 6.04 Å². The van der Waals surface area contributed by atoms with E-state index in [1.165, 1.54) is 44.2 Å². The molecule has 0 saturated heterocycles. The first-order chi connectivity index (χ1) is 9.63. The maximum Gasteiger partial charge on any atom is 0.0175 e. The first kappa shape index (κ1) is 16.0. The SMILES string of the molecule is CC1CCCC(CCNC(C)Cc2ccc(Br)cc2)C1. The van der Waals surface area contributed by atoms with Crippen molar-refractivity contribution in [1.29, 1.82) is 0 Å². The Labute approximate surface area is 132 Å². The number of hydrogen-bond acceptors (Lipinski definition) is 1. The van der Waals surface area contributed by atoms with Gasteiger partial charge < -0.3 is 5.32 Å². The maximum atomic E-state index is 3.70. The van der Waals surface area contributed by atoms with E-state index in [4.69, 9.17) is 0 Å². The Hall–Kier alpha value is -0.340. The molecule has 1 saturated carbocycles. The smallest absolute Gasteiger partial charge is 0.0175 e. The van der Waals surface area contributed by atoms with Gasteiger partial charge in [0.2, 0.25) is 0 Å². The van der Waals surface area contributed by atoms with E-state index in [0.717, 1.165) is 22.7 Å². The van der Waals surface area contributed by atoms with Gasteiger partial charge in [0.25, 0.3) is 0 Å². The van der Waals surface area contributed by atoms with E-state index in [-0.39, 0.29) is 0 Å². The van der Waals surface area contributed by atoms with Gasteiger partial charge in [0.15, 0.2) is 0 Å². The first-order valence-electron chi connectivity index (χ1n) is 8.11. The Bertz CT molecular complexity index is 387. The van der Waals surface area contributed by atoms with Crippen LogP contribution in [0.25, 0.3) is 0 Å². The van der Waals surface area contributed by atoms with Crippen LogP contribution in [0, 0.1) is 11.8 Å². The van der Waals surface area contributed by atoms with Crippen LogP contribution in [-0.2, 0) is 6.42 Å². The van der Waals surface area contributed by atoms with E-state index in [1.807, 2.05) is 0 Å². The van der Waals surface area contributed by atoms with E-state index in [2.05, 4.69) is 59.4 Å². The Morgan fingerprint density at radius 1 is 1.25 bits per heavy atom. The van der Waals surface area contributed by atoms with Crippen molar-refractivity contribution in [3.63, 3.8) is 0 Å². The van der Waals surface area contributed by atoms with Crippen molar-refractivity contribution in [2.45, 2.75) is 58.4 Å². The van der Waals surface area contributed by atoms with Crippen LogP contribution >= 0.6 is 15.9 Å². The number of hydrogen-bond donors (Lipinski definition) is 1. The van der Waals surface area contributed by atoms with Gasteiger partial charge in [-0.15, -0.1) is 0 Å². The number of nitrogens with one attached hydrogen (secondary N) is 1. The predicted octanol–water partition coefficient (Wildman–Crippen LogP) is 5.19. The summed E-state index contributed by atoms with van der Waals surface area (Å²) >= 11 is 3.49. The second kappa shape index (κ2) is 8.19. The van der Waals surface area contributed by atoms with Crippen LogP contribution in [0.3, 0.4) is 0 Å². The molecule has 1 aromatic carbocycles. The molecule has 1 N–H and O–H groups in total. The summed E-state index contributed by atoms with van der Waals surface area (Å²) in [5, 5.41) is 3.70. The third kappa shape index (κ3) is 5.57. The van der Waals surface area contributed by atoms with Gasteiger partial charge in [-0.25, -0.2) is 0 Å². The van der Waals surface area contributed by atoms with Gasteiger partial charge >= 0.3 is 0 Å². The summed E-state index contributed by atoms with van der Waals surface area (Å²) < 4.78 is 1.16. The van der Waals surface area contributed by atoms with Crippen molar-refractivity contribution >= 4 is 15.9 Å². The Kier molecular flexibility index (Phi) is 6.57. The van der Waals surface area contributed by atoms with Gasteiger partial charge in [-0.05, 0) is 62.3 Å². The third-order valence-corrected chi connectivity index (χ3v) is 5.07. The van der Waals surface area contributed by atoms with E-state index < -0.39 is 0 Å². The second-order valence-corrected chi connectivity index (χ2v) is 7.53. The van der Waals surface area contributed by atoms with E-state index >= 15 is 0 Å². The summed E-state index contributed by atoms with van der Waals surface area (Å²) in [6, 6.07) is 9.25. The van der Waals surface area contributed by atoms with Crippen molar-refractivity contribution in [2.24, 2.45) is 11.8 Å². The fourth-order valence-corrected chi connectivity index (χ4v) is 3.67. The topological polar surface area (TPSA) is 12.0 Å². The molecule has 0 amide bonds. The summed E-state index contributed by atoms with van der Waals surface area (Å²) in [4.78, 5) is 0. The highest BCUT2D eigenvalue weighted by Gasteiger charge is 2.18. The first-order valence-corrected chi connectivity index (χ1v) is 8.90. The molecule has 1 fully saturated rings. The Morgan fingerprint density at radius 2 is 2.00 bits per heavy atom. The van der Waals surface area contributed by atoms with Gasteiger partial charge in [-0.3, -0.25) is 0 Å². The molecule has 3 unspecified atom stereocenters. The molecule has 0 aliphatic heterocycles. The van der Waals surface area contributed by atoms with Gasteiger partial charge in [0, 0.05) is 10.5 Å². The zero-order valence-corrected chi connectivity index (χ0v) is 14.5. The van der Waals surface area contributed by atoms with Crippen LogP contribution in [0.4, 0.5) is 0 Å². The Balaban J connectivity index is 1.64. The van der Waals surface area contributed by atoms with Crippen LogP contribution in [-0.4, -0.2) is 12.6 Å². The molecule has 1 aromatic rings. The van der Waals surface area contributed by atoms with Crippen LogP contribution < -0.4 is 5.32 Å². The molecule has 3 atom stereocenters. The molecule has 1 nitrogen and oxygen atoms in total. The van der Waals surface area contributed by atoms with Gasteiger partial charge in [0.1, 0.15) is 0 Å². The minimum atomic E-state index is 0.567. The normalized spacial score (nSPS) is 24.6. The fourth-order valence-electron chi connectivity index (χ4n) is 3.40. The summed E-state index contributed by atoms with van der Waals surface area (Å²) in [5.41, 5.74) is 1.42. The summed E-state index contributed by atoms with van der Waals surface area (Å²) in [7, 11) is 0. The number of rotatable bonds is 6. The number of benzene rings is 1. The molecule has 0 bridgehead atoms. The fraction of sp³-hybridized carbons (Fsp3) is 0.667. The highest BCUT2D eigenvalue weighted by atomic mass is 79.9. The third-order valence-electron chi connectivity index (χ3n) is 4.55. The molecule has 20 heavy (non-hydrogen) atoms. The molecule has 0 radical (unpaired) electrons. The van der Waals surface area contributed by atoms with Crippen molar-refractivity contribution < 1.29 is 0 Å². The van der Waals surface area contributed by atoms with Crippen molar-refractivity contribution in [1.82, 2.24) is 5.32 Å². The lowest BCUT2D eigenvalue weighted by atomic mass is 9.81. The average Bonchev–Trinajstić information content (AvgIpc) is 2.41. The zero-order valence-electron chi connectivity index (χ0n) is 12.9. The monoisotopic (exact) mass is 337 g/mol. The lowest BCUT2D eigenvalue weighted by molar-refractivity contribution is 0.265. The molecule has 1 aliphatic carbocycles. The lowest BCUT2D eigenvalue weighted by Crippen LogP contribution is -2.30. The lowest BCUT2D eigenvalue weighted by Gasteiger charge is -2.27. The molecule has 0 spiro atoms. The van der Waals surface area contributed by atoms with Crippen LogP contribution in [0.5, 0.6) is 0 Å². The minimum Gasteiger partial charge on any atom is -0.314 e. The zero-order chi connectivity index (χ0) is 14.4. The molecule has 112 valence electrons. The van der Waals surface area contributed by atoms with Crippen molar-refractivity contribution in [3.05, 3.63) is 34.3 Å². The molecular formula is C18H28BrN.